The first-order chi connectivity index (χ1) is 9.08. The Bertz CT molecular complexity index is 422. The summed E-state index contributed by atoms with van der Waals surface area (Å²) in [6.45, 7) is 5.76. The Morgan fingerprint density at radius 3 is 2.68 bits per heavy atom. The molecule has 2 atom stereocenters. The summed E-state index contributed by atoms with van der Waals surface area (Å²) in [6, 6.07) is 0.360. The maximum absolute atomic E-state index is 11.9. The Balaban J connectivity index is 1.53. The summed E-state index contributed by atoms with van der Waals surface area (Å²) < 4.78 is 31.5. The summed E-state index contributed by atoms with van der Waals surface area (Å²) in [5.41, 5.74) is 0. The molecule has 0 aromatic carbocycles. The minimum Gasteiger partial charge on any atom is -0.377 e. The number of piperazine rings is 1. The van der Waals surface area contributed by atoms with Crippen LogP contribution in [0.4, 0.5) is 0 Å². The van der Waals surface area contributed by atoms with Crippen molar-refractivity contribution in [2.45, 2.75) is 38.3 Å². The van der Waals surface area contributed by atoms with E-state index in [2.05, 4.69) is 4.90 Å². The molecule has 0 aromatic rings. The van der Waals surface area contributed by atoms with Gasteiger partial charge < -0.3 is 4.74 Å². The van der Waals surface area contributed by atoms with Crippen LogP contribution in [0.5, 0.6) is 0 Å². The molecule has 19 heavy (non-hydrogen) atoms. The maximum Gasteiger partial charge on any atom is 0.213 e. The average Bonchev–Trinajstić information content (AvgIpc) is 3.14. The fourth-order valence-electron chi connectivity index (χ4n) is 3.08. The summed E-state index contributed by atoms with van der Waals surface area (Å²) >= 11 is 0. The molecular weight excluding hydrogens is 264 g/mol. The molecule has 2 aliphatic heterocycles. The van der Waals surface area contributed by atoms with Crippen LogP contribution in [0.1, 0.15) is 26.2 Å². The SMILES string of the molecule is CCS(=O)(=O)N1CCN2C[C@@H](OCC3CC3)C[C@@H]2C1. The molecule has 0 amide bonds. The number of ether oxygens (including phenoxy) is 1. The number of hydrogen-bond acceptors (Lipinski definition) is 4. The zero-order chi connectivity index (χ0) is 13.5. The van der Waals surface area contributed by atoms with Crippen LogP contribution in [0, 0.1) is 5.92 Å². The largest absolute Gasteiger partial charge is 0.377 e. The fraction of sp³-hybridized carbons (Fsp3) is 1.00. The third-order valence-electron chi connectivity index (χ3n) is 4.56. The van der Waals surface area contributed by atoms with Crippen LogP contribution in [0.3, 0.4) is 0 Å². The number of fused-ring (bicyclic) bond motifs is 1. The Hall–Kier alpha value is -0.170. The van der Waals surface area contributed by atoms with Gasteiger partial charge in [0.25, 0.3) is 0 Å². The highest BCUT2D eigenvalue weighted by molar-refractivity contribution is 7.89. The molecule has 1 aliphatic carbocycles. The van der Waals surface area contributed by atoms with Crippen molar-refractivity contribution in [1.29, 1.82) is 0 Å². The molecular formula is C13H24N2O3S. The zero-order valence-electron chi connectivity index (χ0n) is 11.6. The highest BCUT2D eigenvalue weighted by Gasteiger charge is 2.39. The Kier molecular flexibility index (Phi) is 3.86. The molecule has 3 fully saturated rings. The van der Waals surface area contributed by atoms with E-state index in [9.17, 15) is 8.42 Å². The van der Waals surface area contributed by atoms with Gasteiger partial charge in [-0.05, 0) is 32.1 Å². The summed E-state index contributed by atoms with van der Waals surface area (Å²) in [7, 11) is -3.03. The highest BCUT2D eigenvalue weighted by Crippen LogP contribution is 2.31. The predicted molar refractivity (Wildman–Crippen MR) is 73.5 cm³/mol. The van der Waals surface area contributed by atoms with Crippen LogP contribution >= 0.6 is 0 Å². The monoisotopic (exact) mass is 288 g/mol. The van der Waals surface area contributed by atoms with E-state index in [0.717, 1.165) is 32.0 Å². The minimum atomic E-state index is -3.03. The van der Waals surface area contributed by atoms with Crippen molar-refractivity contribution in [2.75, 3.05) is 38.5 Å². The lowest BCUT2D eigenvalue weighted by atomic mass is 10.2. The van der Waals surface area contributed by atoms with Gasteiger partial charge in [0.15, 0.2) is 0 Å². The lowest BCUT2D eigenvalue weighted by Gasteiger charge is -2.36. The first kappa shape index (κ1) is 13.8. The van der Waals surface area contributed by atoms with Crippen molar-refractivity contribution in [2.24, 2.45) is 5.92 Å². The summed E-state index contributed by atoms with van der Waals surface area (Å²) in [6.07, 6.45) is 3.95. The molecule has 1 saturated carbocycles. The van der Waals surface area contributed by atoms with E-state index in [1.807, 2.05) is 0 Å². The van der Waals surface area contributed by atoms with Gasteiger partial charge in [0.05, 0.1) is 11.9 Å². The Morgan fingerprint density at radius 1 is 1.21 bits per heavy atom. The summed E-state index contributed by atoms with van der Waals surface area (Å²) in [5.74, 6) is 1.01. The van der Waals surface area contributed by atoms with Crippen molar-refractivity contribution in [3.63, 3.8) is 0 Å². The van der Waals surface area contributed by atoms with Gasteiger partial charge in [0.2, 0.25) is 10.0 Å². The van der Waals surface area contributed by atoms with Gasteiger partial charge in [-0.2, -0.15) is 4.31 Å². The van der Waals surface area contributed by atoms with Crippen LogP contribution in [0.25, 0.3) is 0 Å². The smallest absolute Gasteiger partial charge is 0.213 e. The van der Waals surface area contributed by atoms with E-state index < -0.39 is 10.0 Å². The van der Waals surface area contributed by atoms with Gasteiger partial charge in [-0.25, -0.2) is 8.42 Å². The minimum absolute atomic E-state index is 0.210. The van der Waals surface area contributed by atoms with Crippen molar-refractivity contribution >= 4 is 10.0 Å². The number of rotatable bonds is 5. The summed E-state index contributed by atoms with van der Waals surface area (Å²) in [4.78, 5) is 2.40. The van der Waals surface area contributed by atoms with Gasteiger partial charge in [0, 0.05) is 38.8 Å². The molecule has 110 valence electrons. The average molecular weight is 288 g/mol. The molecule has 0 radical (unpaired) electrons. The van der Waals surface area contributed by atoms with Crippen LogP contribution in [-0.4, -0.2) is 68.3 Å². The van der Waals surface area contributed by atoms with Crippen LogP contribution in [-0.2, 0) is 14.8 Å². The van der Waals surface area contributed by atoms with E-state index in [1.54, 1.807) is 11.2 Å². The van der Waals surface area contributed by atoms with Crippen molar-refractivity contribution in [1.82, 2.24) is 9.21 Å². The van der Waals surface area contributed by atoms with E-state index >= 15 is 0 Å². The van der Waals surface area contributed by atoms with Crippen LogP contribution < -0.4 is 0 Å². The van der Waals surface area contributed by atoms with Gasteiger partial charge in [-0.3, -0.25) is 4.90 Å². The molecule has 3 aliphatic rings. The normalized spacial score (nSPS) is 33.5. The lowest BCUT2D eigenvalue weighted by molar-refractivity contribution is 0.0517. The van der Waals surface area contributed by atoms with Gasteiger partial charge in [-0.1, -0.05) is 0 Å². The molecule has 2 heterocycles. The number of nitrogens with zero attached hydrogens (tertiary/aromatic N) is 2. The van der Waals surface area contributed by atoms with Crippen molar-refractivity contribution < 1.29 is 13.2 Å². The number of sulfonamides is 1. The molecule has 0 unspecified atom stereocenters. The van der Waals surface area contributed by atoms with Gasteiger partial charge in [-0.15, -0.1) is 0 Å². The third kappa shape index (κ3) is 3.12. The van der Waals surface area contributed by atoms with Crippen molar-refractivity contribution in [3.8, 4) is 0 Å². The lowest BCUT2D eigenvalue weighted by Crippen LogP contribution is -2.52. The van der Waals surface area contributed by atoms with E-state index in [4.69, 9.17) is 4.74 Å². The standard InChI is InChI=1S/C13H24N2O3S/c1-2-19(16,17)15-6-5-14-9-13(7-12(14)8-15)18-10-11-3-4-11/h11-13H,2-10H2,1H3/t12-,13+/m1/s1. The zero-order valence-corrected chi connectivity index (χ0v) is 12.4. The Morgan fingerprint density at radius 2 is 2.00 bits per heavy atom. The molecule has 6 heteroatoms. The second kappa shape index (κ2) is 5.31. The summed E-state index contributed by atoms with van der Waals surface area (Å²) in [5, 5.41) is 0. The molecule has 0 bridgehead atoms. The molecule has 3 rings (SSSR count). The third-order valence-corrected chi connectivity index (χ3v) is 6.41. The topological polar surface area (TPSA) is 49.9 Å². The van der Waals surface area contributed by atoms with E-state index in [0.29, 0.717) is 25.2 Å². The maximum atomic E-state index is 11.9. The quantitative estimate of drug-likeness (QED) is 0.740. The predicted octanol–water partition coefficient (Wildman–Crippen LogP) is 0.521. The number of hydrogen-bond donors (Lipinski definition) is 0. The first-order valence-corrected chi connectivity index (χ1v) is 9.03. The molecule has 0 spiro atoms. The molecule has 0 aromatic heterocycles. The van der Waals surface area contributed by atoms with E-state index in [-0.39, 0.29) is 5.75 Å². The Labute approximate surface area is 115 Å². The first-order valence-electron chi connectivity index (χ1n) is 7.42. The van der Waals surface area contributed by atoms with Crippen molar-refractivity contribution in [3.05, 3.63) is 0 Å². The van der Waals surface area contributed by atoms with Gasteiger partial charge in [0.1, 0.15) is 0 Å². The fourth-order valence-corrected chi connectivity index (χ4v) is 4.20. The molecule has 5 nitrogen and oxygen atoms in total. The van der Waals surface area contributed by atoms with Crippen LogP contribution in [0.15, 0.2) is 0 Å². The van der Waals surface area contributed by atoms with E-state index in [1.165, 1.54) is 12.8 Å². The highest BCUT2D eigenvalue weighted by atomic mass is 32.2. The van der Waals surface area contributed by atoms with Gasteiger partial charge >= 0.3 is 0 Å². The second-order valence-corrected chi connectivity index (χ2v) is 8.30. The second-order valence-electron chi connectivity index (χ2n) is 6.04. The molecule has 0 N–H and O–H groups in total. The van der Waals surface area contributed by atoms with Crippen LogP contribution in [0.2, 0.25) is 0 Å². The molecule has 2 saturated heterocycles.